The molecule has 0 saturated carbocycles. The summed E-state index contributed by atoms with van der Waals surface area (Å²) in [4.78, 5) is 13.1. The molecule has 1 unspecified atom stereocenters. The Balaban J connectivity index is 3.00. The number of unbranched alkanes of at least 4 members (excludes halogenated alkanes) is 1. The topological polar surface area (TPSA) is 40.5 Å². The third-order valence-electron chi connectivity index (χ3n) is 3.87. The van der Waals surface area contributed by atoms with Crippen LogP contribution in [0.2, 0.25) is 0 Å². The second-order valence-corrected chi connectivity index (χ2v) is 5.52. The minimum atomic E-state index is -0.914. The van der Waals surface area contributed by atoms with Crippen molar-refractivity contribution in [3.63, 3.8) is 0 Å². The fourth-order valence-electron chi connectivity index (χ4n) is 2.34. The van der Waals surface area contributed by atoms with Crippen molar-refractivity contribution >= 4 is 17.7 Å². The summed E-state index contributed by atoms with van der Waals surface area (Å²) in [5, 5.41) is 8.72. The van der Waals surface area contributed by atoms with Crippen LogP contribution in [0, 0.1) is 6.92 Å². The van der Waals surface area contributed by atoms with Gasteiger partial charge < -0.3 is 10.0 Å². The van der Waals surface area contributed by atoms with E-state index in [0.29, 0.717) is 6.04 Å². The van der Waals surface area contributed by atoms with Gasteiger partial charge in [-0.1, -0.05) is 26.3 Å². The van der Waals surface area contributed by atoms with Crippen LogP contribution in [0.1, 0.15) is 51.2 Å². The molecule has 1 N–H and O–H groups in total. The fraction of sp³-hybridized carbons (Fsp3) is 0.500. The quantitative estimate of drug-likeness (QED) is 0.716. The number of carbonyl (C=O) groups is 1. The molecule has 1 rings (SSSR count). The number of hydrogen-bond donors (Lipinski definition) is 1. The highest BCUT2D eigenvalue weighted by molar-refractivity contribution is 5.85. The first-order valence-corrected chi connectivity index (χ1v) is 7.77. The van der Waals surface area contributed by atoms with Gasteiger partial charge in [-0.05, 0) is 56.0 Å². The predicted molar refractivity (Wildman–Crippen MR) is 89.9 cm³/mol. The summed E-state index contributed by atoms with van der Waals surface area (Å²) >= 11 is 0. The van der Waals surface area contributed by atoms with Gasteiger partial charge in [-0.25, -0.2) is 4.79 Å². The fourth-order valence-corrected chi connectivity index (χ4v) is 2.34. The van der Waals surface area contributed by atoms with E-state index in [1.54, 1.807) is 6.08 Å². The third-order valence-corrected chi connectivity index (χ3v) is 3.87. The van der Waals surface area contributed by atoms with Gasteiger partial charge in [0, 0.05) is 24.4 Å². The number of carboxylic acids is 1. The minimum Gasteiger partial charge on any atom is -0.478 e. The van der Waals surface area contributed by atoms with Crippen molar-refractivity contribution < 1.29 is 9.90 Å². The zero-order chi connectivity index (χ0) is 15.8. The highest BCUT2D eigenvalue weighted by Gasteiger charge is 2.13. The average Bonchev–Trinajstić information content (AvgIpc) is 2.46. The Bertz CT molecular complexity index is 494. The van der Waals surface area contributed by atoms with Crippen LogP contribution in [0.3, 0.4) is 0 Å². The number of hydrogen-bond acceptors (Lipinski definition) is 2. The first kappa shape index (κ1) is 17.3. The molecule has 0 aliphatic carbocycles. The molecular formula is C18H27NO2. The van der Waals surface area contributed by atoms with Crippen molar-refractivity contribution in [1.82, 2.24) is 0 Å². The molecule has 0 amide bonds. The van der Waals surface area contributed by atoms with Gasteiger partial charge in [0.15, 0.2) is 0 Å². The molecule has 1 atom stereocenters. The molecule has 0 bridgehead atoms. The molecule has 1 aromatic carbocycles. The predicted octanol–water partition coefficient (Wildman–Crippen LogP) is 4.50. The van der Waals surface area contributed by atoms with Crippen LogP contribution in [-0.2, 0) is 4.79 Å². The maximum Gasteiger partial charge on any atom is 0.328 e. The second-order valence-electron chi connectivity index (χ2n) is 5.52. The Morgan fingerprint density at radius 1 is 1.38 bits per heavy atom. The van der Waals surface area contributed by atoms with Gasteiger partial charge in [0.2, 0.25) is 0 Å². The van der Waals surface area contributed by atoms with Gasteiger partial charge in [0.25, 0.3) is 0 Å². The van der Waals surface area contributed by atoms with Crippen LogP contribution in [0.4, 0.5) is 5.69 Å². The summed E-state index contributed by atoms with van der Waals surface area (Å²) in [6, 6.07) is 6.77. The Morgan fingerprint density at radius 2 is 2.10 bits per heavy atom. The van der Waals surface area contributed by atoms with E-state index in [2.05, 4.69) is 37.8 Å². The molecule has 0 spiro atoms. The largest absolute Gasteiger partial charge is 0.478 e. The number of aryl methyl sites for hydroxylation is 1. The number of rotatable bonds is 8. The summed E-state index contributed by atoms with van der Waals surface area (Å²) in [5.41, 5.74) is 3.29. The Kier molecular flexibility index (Phi) is 7.00. The smallest absolute Gasteiger partial charge is 0.328 e. The summed E-state index contributed by atoms with van der Waals surface area (Å²) < 4.78 is 0. The van der Waals surface area contributed by atoms with Crippen LogP contribution in [0.25, 0.3) is 6.08 Å². The molecule has 0 radical (unpaired) electrons. The van der Waals surface area contributed by atoms with E-state index >= 15 is 0 Å². The van der Waals surface area contributed by atoms with Crippen LogP contribution in [0.5, 0.6) is 0 Å². The summed E-state index contributed by atoms with van der Waals surface area (Å²) in [5.74, 6) is -0.914. The van der Waals surface area contributed by atoms with E-state index in [1.165, 1.54) is 24.6 Å². The van der Waals surface area contributed by atoms with Crippen molar-refractivity contribution in [2.75, 3.05) is 11.4 Å². The third kappa shape index (κ3) is 5.25. The van der Waals surface area contributed by atoms with Crippen LogP contribution < -0.4 is 4.90 Å². The molecule has 21 heavy (non-hydrogen) atoms. The number of aliphatic carboxylic acids is 1. The maximum atomic E-state index is 10.6. The Hall–Kier alpha value is -1.77. The van der Waals surface area contributed by atoms with Crippen molar-refractivity contribution in [2.24, 2.45) is 0 Å². The first-order valence-electron chi connectivity index (χ1n) is 7.77. The summed E-state index contributed by atoms with van der Waals surface area (Å²) in [7, 11) is 0. The summed E-state index contributed by atoms with van der Waals surface area (Å²) in [6.07, 6.45) is 6.32. The molecule has 1 aromatic rings. The second kappa shape index (κ2) is 8.50. The first-order chi connectivity index (χ1) is 9.99. The van der Waals surface area contributed by atoms with Gasteiger partial charge >= 0.3 is 5.97 Å². The molecule has 0 aliphatic heterocycles. The zero-order valence-electron chi connectivity index (χ0n) is 13.6. The molecule has 0 saturated heterocycles. The lowest BCUT2D eigenvalue weighted by Crippen LogP contribution is -2.33. The van der Waals surface area contributed by atoms with Crippen molar-refractivity contribution in [3.05, 3.63) is 35.4 Å². The molecule has 3 nitrogen and oxygen atoms in total. The van der Waals surface area contributed by atoms with Crippen molar-refractivity contribution in [3.8, 4) is 0 Å². The van der Waals surface area contributed by atoms with Crippen molar-refractivity contribution in [2.45, 2.75) is 53.0 Å². The van der Waals surface area contributed by atoms with E-state index < -0.39 is 5.97 Å². The van der Waals surface area contributed by atoms with E-state index in [1.807, 2.05) is 13.0 Å². The molecule has 0 aliphatic rings. The highest BCUT2D eigenvalue weighted by atomic mass is 16.4. The van der Waals surface area contributed by atoms with Crippen molar-refractivity contribution in [1.29, 1.82) is 0 Å². The van der Waals surface area contributed by atoms with E-state index in [4.69, 9.17) is 5.11 Å². The SMILES string of the molecule is CCCCN(c1ccc(C=CC(=O)O)c(C)c1)C(C)CC. The average molecular weight is 289 g/mol. The number of benzene rings is 1. The van der Waals surface area contributed by atoms with E-state index in [0.717, 1.165) is 24.1 Å². The normalized spacial score (nSPS) is 12.6. The molecule has 0 heterocycles. The highest BCUT2D eigenvalue weighted by Crippen LogP contribution is 2.23. The standard InChI is InChI=1S/C18H27NO2/c1-5-7-12-19(15(4)6-2)17-10-8-16(14(3)13-17)9-11-18(20)21/h8-11,13,15H,5-7,12H2,1-4H3,(H,20,21). The Morgan fingerprint density at radius 3 is 2.62 bits per heavy atom. The van der Waals surface area contributed by atoms with Crippen LogP contribution in [0.15, 0.2) is 24.3 Å². The lowest BCUT2D eigenvalue weighted by Gasteiger charge is -2.31. The Labute approximate surface area is 128 Å². The van der Waals surface area contributed by atoms with E-state index in [-0.39, 0.29) is 0 Å². The monoisotopic (exact) mass is 289 g/mol. The van der Waals surface area contributed by atoms with Gasteiger partial charge in [-0.15, -0.1) is 0 Å². The molecule has 0 fully saturated rings. The minimum absolute atomic E-state index is 0.511. The van der Waals surface area contributed by atoms with Gasteiger partial charge in [-0.2, -0.15) is 0 Å². The van der Waals surface area contributed by atoms with Gasteiger partial charge in [0.05, 0.1) is 0 Å². The van der Waals surface area contributed by atoms with E-state index in [9.17, 15) is 4.79 Å². The number of anilines is 1. The van der Waals surface area contributed by atoms with Crippen LogP contribution >= 0.6 is 0 Å². The van der Waals surface area contributed by atoms with Crippen LogP contribution in [-0.4, -0.2) is 23.7 Å². The lowest BCUT2D eigenvalue weighted by molar-refractivity contribution is -0.131. The maximum absolute atomic E-state index is 10.6. The zero-order valence-corrected chi connectivity index (χ0v) is 13.6. The summed E-state index contributed by atoms with van der Waals surface area (Å²) in [6.45, 7) is 9.76. The van der Waals surface area contributed by atoms with Gasteiger partial charge in [-0.3, -0.25) is 0 Å². The molecule has 3 heteroatoms. The molecule has 116 valence electrons. The van der Waals surface area contributed by atoms with Gasteiger partial charge in [0.1, 0.15) is 0 Å². The molecular weight excluding hydrogens is 262 g/mol. The number of nitrogens with zero attached hydrogens (tertiary/aromatic N) is 1. The number of carboxylic acid groups (broad SMARTS) is 1. The lowest BCUT2D eigenvalue weighted by atomic mass is 10.1. The molecule has 0 aromatic heterocycles.